The molecule has 2 aliphatic heterocycles. The molecule has 2 fully saturated rings. The largest absolute Gasteiger partial charge is 0.493 e. The predicted molar refractivity (Wildman–Crippen MR) is 133 cm³/mol. The van der Waals surface area contributed by atoms with E-state index in [0.29, 0.717) is 29.2 Å². The van der Waals surface area contributed by atoms with Crippen LogP contribution < -0.4 is 9.47 Å². The van der Waals surface area contributed by atoms with Crippen molar-refractivity contribution in [3.63, 3.8) is 0 Å². The van der Waals surface area contributed by atoms with E-state index in [4.69, 9.17) is 21.1 Å². The Bertz CT molecular complexity index is 1190. The number of amides is 3. The molecule has 0 aromatic heterocycles. The monoisotopic (exact) mass is 514 g/mol. The number of hydrogen-bond acceptors (Lipinski definition) is 7. The van der Waals surface area contributed by atoms with Crippen molar-refractivity contribution >= 4 is 52.5 Å². The van der Waals surface area contributed by atoms with Crippen molar-refractivity contribution in [3.05, 3.63) is 63.5 Å². The highest BCUT2D eigenvalue weighted by Crippen LogP contribution is 2.35. The van der Waals surface area contributed by atoms with Crippen molar-refractivity contribution in [2.24, 2.45) is 0 Å². The number of esters is 1. The Balaban J connectivity index is 1.46. The number of halogens is 1. The number of rotatable bonds is 6. The van der Waals surface area contributed by atoms with Crippen molar-refractivity contribution in [1.29, 1.82) is 0 Å². The van der Waals surface area contributed by atoms with Gasteiger partial charge in [-0.1, -0.05) is 17.7 Å². The van der Waals surface area contributed by atoms with Crippen molar-refractivity contribution in [2.45, 2.75) is 19.3 Å². The molecule has 2 aromatic rings. The molecule has 0 saturated carbocycles. The maximum absolute atomic E-state index is 12.8. The first-order valence-corrected chi connectivity index (χ1v) is 12.2. The zero-order valence-corrected chi connectivity index (χ0v) is 20.6. The Kier molecular flexibility index (Phi) is 7.77. The molecule has 10 heteroatoms. The lowest BCUT2D eigenvalue weighted by Crippen LogP contribution is -2.44. The van der Waals surface area contributed by atoms with Gasteiger partial charge in [0.15, 0.2) is 11.5 Å². The van der Waals surface area contributed by atoms with E-state index in [1.165, 1.54) is 7.11 Å². The van der Waals surface area contributed by atoms with Gasteiger partial charge in [0.25, 0.3) is 11.1 Å². The van der Waals surface area contributed by atoms with E-state index in [0.717, 1.165) is 35.9 Å². The number of piperidine rings is 1. The summed E-state index contributed by atoms with van der Waals surface area (Å²) in [5.41, 5.74) is 0.898. The lowest BCUT2D eigenvalue weighted by atomic mass is 10.1. The smallest absolute Gasteiger partial charge is 0.343 e. The minimum absolute atomic E-state index is 0.199. The molecule has 0 spiro atoms. The maximum Gasteiger partial charge on any atom is 0.343 e. The van der Waals surface area contributed by atoms with E-state index in [2.05, 4.69) is 0 Å². The third-order valence-corrected chi connectivity index (χ3v) is 6.80. The van der Waals surface area contributed by atoms with Crippen LogP contribution in [0.15, 0.2) is 47.4 Å². The van der Waals surface area contributed by atoms with E-state index < -0.39 is 17.1 Å². The zero-order chi connectivity index (χ0) is 24.9. The molecule has 182 valence electrons. The third-order valence-electron chi connectivity index (χ3n) is 5.64. The van der Waals surface area contributed by atoms with Gasteiger partial charge in [-0.15, -0.1) is 0 Å². The summed E-state index contributed by atoms with van der Waals surface area (Å²) in [6, 6.07) is 11.1. The third kappa shape index (κ3) is 5.86. The van der Waals surface area contributed by atoms with Crippen LogP contribution >= 0.6 is 23.4 Å². The standard InChI is InChI=1S/C25H23ClN2O6S/c1-33-20-13-16(5-10-19(20)34-24(31)17-6-8-18(26)9-7-17)14-21-23(30)28(25(32)35-21)15-22(29)27-11-3-2-4-12-27/h5-10,13-14H,2-4,11-12,15H2,1H3/b21-14-. The van der Waals surface area contributed by atoms with Gasteiger partial charge in [-0.3, -0.25) is 19.3 Å². The molecule has 0 unspecified atom stereocenters. The highest BCUT2D eigenvalue weighted by atomic mass is 35.5. The van der Waals surface area contributed by atoms with E-state index in [1.807, 2.05) is 0 Å². The molecule has 2 aliphatic rings. The summed E-state index contributed by atoms with van der Waals surface area (Å²) in [6.07, 6.45) is 4.49. The lowest BCUT2D eigenvalue weighted by molar-refractivity contribution is -0.136. The number of ether oxygens (including phenoxy) is 2. The van der Waals surface area contributed by atoms with Crippen LogP contribution in [-0.2, 0) is 9.59 Å². The Morgan fingerprint density at radius 2 is 1.74 bits per heavy atom. The second kappa shape index (κ2) is 11.0. The number of thioether (sulfide) groups is 1. The molecule has 2 heterocycles. The van der Waals surface area contributed by atoms with Crippen molar-refractivity contribution in [1.82, 2.24) is 9.80 Å². The number of likely N-dealkylation sites (tertiary alicyclic amines) is 1. The Hall–Kier alpha value is -3.30. The van der Waals surface area contributed by atoms with Crippen LogP contribution in [-0.4, -0.2) is 59.6 Å². The normalized spacial score (nSPS) is 17.1. The molecule has 0 N–H and O–H groups in total. The number of benzene rings is 2. The van der Waals surface area contributed by atoms with Crippen LogP contribution in [0.4, 0.5) is 4.79 Å². The van der Waals surface area contributed by atoms with Crippen LogP contribution in [0.1, 0.15) is 35.2 Å². The first-order chi connectivity index (χ1) is 16.9. The Morgan fingerprint density at radius 1 is 1.03 bits per heavy atom. The summed E-state index contributed by atoms with van der Waals surface area (Å²) in [4.78, 5) is 53.1. The molecule has 35 heavy (non-hydrogen) atoms. The minimum atomic E-state index is -0.577. The zero-order valence-electron chi connectivity index (χ0n) is 19.0. The number of carbonyl (C=O) groups excluding carboxylic acids is 4. The number of methoxy groups -OCH3 is 1. The van der Waals surface area contributed by atoms with Crippen molar-refractivity contribution in [3.8, 4) is 11.5 Å². The number of carbonyl (C=O) groups is 4. The molecule has 3 amide bonds. The number of imide groups is 1. The molecular formula is C25H23ClN2O6S. The second-order valence-electron chi connectivity index (χ2n) is 8.02. The van der Waals surface area contributed by atoms with Gasteiger partial charge in [-0.05, 0) is 79.1 Å². The van der Waals surface area contributed by atoms with Crippen LogP contribution in [0.5, 0.6) is 11.5 Å². The Morgan fingerprint density at radius 3 is 2.43 bits per heavy atom. The molecule has 0 radical (unpaired) electrons. The quantitative estimate of drug-likeness (QED) is 0.315. The SMILES string of the molecule is COc1cc(/C=C2\SC(=O)N(CC(=O)N3CCCCC3)C2=O)ccc1OC(=O)c1ccc(Cl)cc1. The van der Waals surface area contributed by atoms with Crippen molar-refractivity contribution < 1.29 is 28.7 Å². The molecule has 0 bridgehead atoms. The fourth-order valence-corrected chi connectivity index (χ4v) is 4.73. The molecule has 8 nitrogen and oxygen atoms in total. The predicted octanol–water partition coefficient (Wildman–Crippen LogP) is 4.62. The van der Waals surface area contributed by atoms with Crippen LogP contribution in [0, 0.1) is 0 Å². The molecule has 0 aliphatic carbocycles. The summed E-state index contributed by atoms with van der Waals surface area (Å²) in [5.74, 6) is -0.832. The van der Waals surface area contributed by atoms with Crippen molar-refractivity contribution in [2.75, 3.05) is 26.7 Å². The molecule has 2 aromatic carbocycles. The van der Waals surface area contributed by atoms with Gasteiger partial charge in [0.2, 0.25) is 5.91 Å². The Labute approximate surface area is 211 Å². The molecule has 2 saturated heterocycles. The fourth-order valence-electron chi connectivity index (χ4n) is 3.77. The average Bonchev–Trinajstić information content (AvgIpc) is 3.13. The van der Waals surface area contributed by atoms with Gasteiger partial charge in [-0.25, -0.2) is 4.79 Å². The first-order valence-electron chi connectivity index (χ1n) is 11.0. The topological polar surface area (TPSA) is 93.2 Å². The van der Waals surface area contributed by atoms with Gasteiger partial charge >= 0.3 is 5.97 Å². The highest BCUT2D eigenvalue weighted by Gasteiger charge is 2.37. The summed E-state index contributed by atoms with van der Waals surface area (Å²) in [7, 11) is 1.43. The number of nitrogens with zero attached hydrogens (tertiary/aromatic N) is 2. The van der Waals surface area contributed by atoms with Gasteiger partial charge in [0, 0.05) is 18.1 Å². The van der Waals surface area contributed by atoms with Gasteiger partial charge < -0.3 is 14.4 Å². The molecule has 0 atom stereocenters. The van der Waals surface area contributed by atoms with Crippen LogP contribution in [0.2, 0.25) is 5.02 Å². The summed E-state index contributed by atoms with van der Waals surface area (Å²) < 4.78 is 10.8. The first kappa shape index (κ1) is 24.8. The van der Waals surface area contributed by atoms with E-state index >= 15 is 0 Å². The van der Waals surface area contributed by atoms with Gasteiger partial charge in [0.1, 0.15) is 6.54 Å². The maximum atomic E-state index is 12.8. The summed E-state index contributed by atoms with van der Waals surface area (Å²) in [6.45, 7) is 1.05. The van der Waals surface area contributed by atoms with Gasteiger partial charge in [0.05, 0.1) is 17.6 Å². The fraction of sp³-hybridized carbons (Fsp3) is 0.280. The minimum Gasteiger partial charge on any atom is -0.493 e. The van der Waals surface area contributed by atoms with E-state index in [1.54, 1.807) is 53.4 Å². The highest BCUT2D eigenvalue weighted by molar-refractivity contribution is 8.18. The van der Waals surface area contributed by atoms with E-state index in [9.17, 15) is 19.2 Å². The number of hydrogen-bond donors (Lipinski definition) is 0. The molecule has 4 rings (SSSR count). The summed E-state index contributed by atoms with van der Waals surface area (Å²) >= 11 is 6.64. The van der Waals surface area contributed by atoms with E-state index in [-0.39, 0.29) is 28.9 Å². The van der Waals surface area contributed by atoms with Gasteiger partial charge in [-0.2, -0.15) is 0 Å². The second-order valence-corrected chi connectivity index (χ2v) is 9.45. The van der Waals surface area contributed by atoms with Crippen LogP contribution in [0.25, 0.3) is 6.08 Å². The molecular weight excluding hydrogens is 492 g/mol. The summed E-state index contributed by atoms with van der Waals surface area (Å²) in [5, 5.41) is 0.0239. The lowest BCUT2D eigenvalue weighted by Gasteiger charge is -2.27. The average molecular weight is 515 g/mol. The van der Waals surface area contributed by atoms with Crippen LogP contribution in [0.3, 0.4) is 0 Å².